The molecule has 0 aliphatic carbocycles. The summed E-state index contributed by atoms with van der Waals surface area (Å²) in [6.07, 6.45) is 2.49. The van der Waals surface area contributed by atoms with Crippen molar-refractivity contribution >= 4 is 21.4 Å². The van der Waals surface area contributed by atoms with E-state index in [4.69, 9.17) is 5.73 Å². The molecule has 1 heterocycles. The van der Waals surface area contributed by atoms with E-state index >= 15 is 0 Å². The average molecular weight is 281 g/mol. The maximum absolute atomic E-state index is 13.6. The molecule has 0 aliphatic heterocycles. The summed E-state index contributed by atoms with van der Waals surface area (Å²) in [4.78, 5) is 3.51. The molecule has 7 heteroatoms. The first-order chi connectivity index (χ1) is 8.90. The van der Waals surface area contributed by atoms with Gasteiger partial charge in [0.15, 0.2) is 0 Å². The summed E-state index contributed by atoms with van der Waals surface area (Å²) < 4.78 is 39.9. The Kier molecular flexibility index (Phi) is 3.39. The summed E-state index contributed by atoms with van der Waals surface area (Å²) in [6, 6.07) is 5.56. The standard InChI is InChI=1S/C12H12FN3O2S/c1-8-2-3-11(9(13)6-8)16-19(17,18)12-7-15-5-4-10(12)14/h2-7,16H,1H3,(H2,14,15). The minimum atomic E-state index is -3.96. The molecule has 0 aliphatic rings. The van der Waals surface area contributed by atoms with Crippen LogP contribution in [0.5, 0.6) is 0 Å². The highest BCUT2D eigenvalue weighted by molar-refractivity contribution is 7.92. The van der Waals surface area contributed by atoms with E-state index in [1.165, 1.54) is 24.4 Å². The Morgan fingerprint density at radius 1 is 1.32 bits per heavy atom. The van der Waals surface area contributed by atoms with Crippen LogP contribution in [0.4, 0.5) is 15.8 Å². The number of benzene rings is 1. The molecule has 1 aromatic heterocycles. The van der Waals surface area contributed by atoms with Gasteiger partial charge in [-0.05, 0) is 30.7 Å². The van der Waals surface area contributed by atoms with Crippen molar-refractivity contribution < 1.29 is 12.8 Å². The smallest absolute Gasteiger partial charge is 0.265 e. The van der Waals surface area contributed by atoms with Crippen LogP contribution in [-0.4, -0.2) is 13.4 Å². The molecule has 0 unspecified atom stereocenters. The number of aryl methyl sites for hydroxylation is 1. The van der Waals surface area contributed by atoms with E-state index in [0.29, 0.717) is 5.56 Å². The van der Waals surface area contributed by atoms with E-state index in [9.17, 15) is 12.8 Å². The largest absolute Gasteiger partial charge is 0.398 e. The predicted octanol–water partition coefficient (Wildman–Crippen LogP) is 1.91. The topological polar surface area (TPSA) is 85.1 Å². The van der Waals surface area contributed by atoms with Crippen LogP contribution in [0, 0.1) is 12.7 Å². The van der Waals surface area contributed by atoms with E-state index in [0.717, 1.165) is 6.20 Å². The number of hydrogen-bond donors (Lipinski definition) is 2. The Labute approximate surface area is 110 Å². The number of halogens is 1. The summed E-state index contributed by atoms with van der Waals surface area (Å²) in [5.41, 5.74) is 6.19. The number of rotatable bonds is 3. The van der Waals surface area contributed by atoms with Crippen LogP contribution in [0.3, 0.4) is 0 Å². The van der Waals surface area contributed by atoms with Crippen molar-refractivity contribution in [2.24, 2.45) is 0 Å². The number of nitrogen functional groups attached to an aromatic ring is 1. The van der Waals surface area contributed by atoms with E-state index in [-0.39, 0.29) is 16.3 Å². The first-order valence-corrected chi connectivity index (χ1v) is 6.87. The second-order valence-corrected chi connectivity index (χ2v) is 5.65. The molecule has 2 rings (SSSR count). The first kappa shape index (κ1) is 13.3. The molecule has 0 amide bonds. The zero-order valence-electron chi connectivity index (χ0n) is 10.1. The van der Waals surface area contributed by atoms with Crippen molar-refractivity contribution in [2.75, 3.05) is 10.5 Å². The number of nitrogens with one attached hydrogen (secondary N) is 1. The number of anilines is 2. The number of sulfonamides is 1. The molecule has 0 spiro atoms. The molecular weight excluding hydrogens is 269 g/mol. The van der Waals surface area contributed by atoms with Gasteiger partial charge in [-0.25, -0.2) is 12.8 Å². The molecule has 0 fully saturated rings. The summed E-state index contributed by atoms with van der Waals surface area (Å²) in [7, 11) is -3.96. The molecule has 0 atom stereocenters. The predicted molar refractivity (Wildman–Crippen MR) is 70.6 cm³/mol. The lowest BCUT2D eigenvalue weighted by atomic mass is 10.2. The molecule has 5 nitrogen and oxygen atoms in total. The van der Waals surface area contributed by atoms with E-state index in [1.807, 2.05) is 0 Å². The fourth-order valence-corrected chi connectivity index (χ4v) is 2.66. The molecule has 1 aromatic carbocycles. The lowest BCUT2D eigenvalue weighted by Gasteiger charge is -2.10. The van der Waals surface area contributed by atoms with Crippen molar-refractivity contribution in [2.45, 2.75) is 11.8 Å². The second kappa shape index (κ2) is 4.85. The normalized spacial score (nSPS) is 11.3. The van der Waals surface area contributed by atoms with Gasteiger partial charge in [-0.1, -0.05) is 6.07 Å². The molecule has 0 radical (unpaired) electrons. The van der Waals surface area contributed by atoms with Crippen LogP contribution in [0.25, 0.3) is 0 Å². The van der Waals surface area contributed by atoms with Crippen LogP contribution < -0.4 is 10.5 Å². The molecule has 100 valence electrons. The van der Waals surface area contributed by atoms with E-state index in [2.05, 4.69) is 9.71 Å². The van der Waals surface area contributed by atoms with Crippen molar-refractivity contribution in [3.8, 4) is 0 Å². The van der Waals surface area contributed by atoms with Gasteiger partial charge in [0.1, 0.15) is 10.7 Å². The van der Waals surface area contributed by atoms with Crippen LogP contribution in [0.1, 0.15) is 5.56 Å². The number of hydrogen-bond acceptors (Lipinski definition) is 4. The van der Waals surface area contributed by atoms with Gasteiger partial charge in [0.05, 0.1) is 11.4 Å². The van der Waals surface area contributed by atoms with Crippen LogP contribution in [0.2, 0.25) is 0 Å². The maximum atomic E-state index is 13.6. The zero-order chi connectivity index (χ0) is 14.0. The second-order valence-electron chi connectivity index (χ2n) is 4.00. The van der Waals surface area contributed by atoms with Gasteiger partial charge < -0.3 is 5.73 Å². The van der Waals surface area contributed by atoms with Crippen LogP contribution >= 0.6 is 0 Å². The monoisotopic (exact) mass is 281 g/mol. The van der Waals surface area contributed by atoms with Gasteiger partial charge in [0.2, 0.25) is 0 Å². The maximum Gasteiger partial charge on any atom is 0.265 e. The highest BCUT2D eigenvalue weighted by atomic mass is 32.2. The quantitative estimate of drug-likeness (QED) is 0.900. The third-order valence-corrected chi connectivity index (χ3v) is 3.88. The number of nitrogens with two attached hydrogens (primary N) is 1. The summed E-state index contributed by atoms with van der Waals surface area (Å²) in [5.74, 6) is -0.647. The van der Waals surface area contributed by atoms with Crippen molar-refractivity contribution in [3.05, 3.63) is 48.0 Å². The van der Waals surface area contributed by atoms with Gasteiger partial charge >= 0.3 is 0 Å². The Bertz CT molecular complexity index is 717. The van der Waals surface area contributed by atoms with Gasteiger partial charge in [0.25, 0.3) is 10.0 Å². The number of nitrogens with zero attached hydrogens (tertiary/aromatic N) is 1. The lowest BCUT2D eigenvalue weighted by molar-refractivity contribution is 0.598. The summed E-state index contributed by atoms with van der Waals surface area (Å²) in [6.45, 7) is 1.71. The van der Waals surface area contributed by atoms with E-state index in [1.54, 1.807) is 13.0 Å². The minimum absolute atomic E-state index is 0.0509. The van der Waals surface area contributed by atoms with Crippen molar-refractivity contribution in [3.63, 3.8) is 0 Å². The van der Waals surface area contributed by atoms with Gasteiger partial charge in [-0.2, -0.15) is 0 Å². The fourth-order valence-electron chi connectivity index (χ4n) is 1.52. The van der Waals surface area contributed by atoms with E-state index < -0.39 is 15.8 Å². The lowest BCUT2D eigenvalue weighted by Crippen LogP contribution is -2.16. The average Bonchev–Trinajstić information content (AvgIpc) is 2.33. The first-order valence-electron chi connectivity index (χ1n) is 5.38. The highest BCUT2D eigenvalue weighted by Crippen LogP contribution is 2.22. The molecule has 19 heavy (non-hydrogen) atoms. The van der Waals surface area contributed by atoms with Gasteiger partial charge in [-0.3, -0.25) is 9.71 Å². The Hall–Kier alpha value is -2.15. The van der Waals surface area contributed by atoms with Gasteiger partial charge in [0, 0.05) is 12.4 Å². The SMILES string of the molecule is Cc1ccc(NS(=O)(=O)c2cnccc2N)c(F)c1. The fraction of sp³-hybridized carbons (Fsp3) is 0.0833. The van der Waals surface area contributed by atoms with Crippen LogP contribution in [-0.2, 0) is 10.0 Å². The van der Waals surface area contributed by atoms with Crippen LogP contribution in [0.15, 0.2) is 41.6 Å². The minimum Gasteiger partial charge on any atom is -0.398 e. The summed E-state index contributed by atoms with van der Waals surface area (Å²) in [5, 5.41) is 0. The zero-order valence-corrected chi connectivity index (χ0v) is 10.9. The molecule has 2 aromatic rings. The van der Waals surface area contributed by atoms with Gasteiger partial charge in [-0.15, -0.1) is 0 Å². The molecule has 3 N–H and O–H groups in total. The Morgan fingerprint density at radius 3 is 2.68 bits per heavy atom. The van der Waals surface area contributed by atoms with Crippen molar-refractivity contribution in [1.82, 2.24) is 4.98 Å². The molecular formula is C12H12FN3O2S. The van der Waals surface area contributed by atoms with Crippen molar-refractivity contribution in [1.29, 1.82) is 0 Å². The third-order valence-electron chi connectivity index (χ3n) is 2.47. The third kappa shape index (κ3) is 2.82. The number of pyridine rings is 1. The Balaban J connectivity index is 2.40. The summed E-state index contributed by atoms with van der Waals surface area (Å²) >= 11 is 0. The molecule has 0 bridgehead atoms. The number of aromatic nitrogens is 1. The highest BCUT2D eigenvalue weighted by Gasteiger charge is 2.19. The molecule has 0 saturated heterocycles. The molecule has 0 saturated carbocycles. The Morgan fingerprint density at radius 2 is 2.05 bits per heavy atom.